The van der Waals surface area contributed by atoms with Gasteiger partial charge in [0.2, 0.25) is 0 Å². The minimum Gasteiger partial charge on any atom is -0.491 e. The van der Waals surface area contributed by atoms with Crippen LogP contribution in [0.4, 0.5) is 0 Å². The molecule has 0 aromatic carbocycles. The average molecular weight is 221 g/mol. The molecule has 0 unspecified atom stereocenters. The van der Waals surface area contributed by atoms with Crippen LogP contribution in [0.2, 0.25) is 0 Å². The maximum atomic E-state index is 5.66. The molecule has 0 amide bonds. The monoisotopic (exact) mass is 221 g/mol. The van der Waals surface area contributed by atoms with Gasteiger partial charge in [-0.2, -0.15) is 0 Å². The molecule has 2 heteroatoms. The molecule has 90 valence electrons. The molecule has 16 heavy (non-hydrogen) atoms. The Bertz CT molecular complexity index is 369. The lowest BCUT2D eigenvalue weighted by molar-refractivity contribution is 0.352. The standard InChI is InChI=1S/C12H17NO.C2H6/c1-7(2)11-8(3)9(4)13-10-5-6-14-12(10)11;1-2/h7H,5-6H2,1-4H3;1-2H3. The number of hydrogen-bond donors (Lipinski definition) is 0. The predicted octanol–water partition coefficient (Wildman–Crippen LogP) is 3.78. The molecule has 2 rings (SSSR count). The van der Waals surface area contributed by atoms with E-state index in [0.717, 1.165) is 30.2 Å². The molecule has 1 aromatic heterocycles. The van der Waals surface area contributed by atoms with E-state index in [-0.39, 0.29) is 0 Å². The van der Waals surface area contributed by atoms with Gasteiger partial charge in [0.25, 0.3) is 0 Å². The molecular formula is C14H23NO. The maximum absolute atomic E-state index is 5.66. The van der Waals surface area contributed by atoms with Gasteiger partial charge in [-0.1, -0.05) is 27.7 Å². The van der Waals surface area contributed by atoms with Gasteiger partial charge in [-0.05, 0) is 25.3 Å². The number of ether oxygens (including phenoxy) is 1. The summed E-state index contributed by atoms with van der Waals surface area (Å²) in [5.41, 5.74) is 4.94. The summed E-state index contributed by atoms with van der Waals surface area (Å²) < 4.78 is 5.66. The van der Waals surface area contributed by atoms with Crippen molar-refractivity contribution in [3.63, 3.8) is 0 Å². The molecule has 1 aromatic rings. The lowest BCUT2D eigenvalue weighted by Crippen LogP contribution is -2.01. The summed E-state index contributed by atoms with van der Waals surface area (Å²) in [4.78, 5) is 4.57. The van der Waals surface area contributed by atoms with Gasteiger partial charge >= 0.3 is 0 Å². The van der Waals surface area contributed by atoms with Crippen molar-refractivity contribution < 1.29 is 4.74 Å². The third-order valence-corrected chi connectivity index (χ3v) is 2.92. The third-order valence-electron chi connectivity index (χ3n) is 2.92. The fourth-order valence-corrected chi connectivity index (χ4v) is 2.13. The lowest BCUT2D eigenvalue weighted by Gasteiger charge is -2.15. The zero-order valence-corrected chi connectivity index (χ0v) is 11.3. The highest BCUT2D eigenvalue weighted by Crippen LogP contribution is 2.36. The smallest absolute Gasteiger partial charge is 0.144 e. The van der Waals surface area contributed by atoms with Crippen molar-refractivity contribution in [3.05, 3.63) is 22.5 Å². The molecule has 0 N–H and O–H groups in total. The van der Waals surface area contributed by atoms with Crippen molar-refractivity contribution in [2.45, 2.75) is 53.9 Å². The lowest BCUT2D eigenvalue weighted by atomic mass is 9.95. The van der Waals surface area contributed by atoms with Crippen molar-refractivity contribution in [3.8, 4) is 5.75 Å². The number of aryl methyl sites for hydroxylation is 1. The highest BCUT2D eigenvalue weighted by molar-refractivity contribution is 5.48. The van der Waals surface area contributed by atoms with E-state index >= 15 is 0 Å². The van der Waals surface area contributed by atoms with Crippen LogP contribution >= 0.6 is 0 Å². The second-order valence-corrected chi connectivity index (χ2v) is 4.26. The second kappa shape index (κ2) is 5.33. The van der Waals surface area contributed by atoms with Gasteiger partial charge < -0.3 is 4.74 Å². The van der Waals surface area contributed by atoms with E-state index in [9.17, 15) is 0 Å². The molecule has 0 radical (unpaired) electrons. The van der Waals surface area contributed by atoms with Crippen molar-refractivity contribution in [1.82, 2.24) is 4.98 Å². The Kier molecular flexibility index (Phi) is 4.34. The molecule has 1 aliphatic heterocycles. The second-order valence-electron chi connectivity index (χ2n) is 4.26. The third kappa shape index (κ3) is 2.21. The molecule has 0 saturated heterocycles. The number of aromatic nitrogens is 1. The van der Waals surface area contributed by atoms with E-state index in [4.69, 9.17) is 4.74 Å². The number of fused-ring (bicyclic) bond motifs is 1. The Morgan fingerprint density at radius 1 is 1.19 bits per heavy atom. The maximum Gasteiger partial charge on any atom is 0.144 e. The van der Waals surface area contributed by atoms with E-state index in [2.05, 4.69) is 32.7 Å². The minimum absolute atomic E-state index is 0.517. The SMILES string of the molecule is CC.Cc1nc2c(c(C(C)C)c1C)OCC2. The van der Waals surface area contributed by atoms with Crippen LogP contribution < -0.4 is 4.74 Å². The molecule has 0 saturated carbocycles. The topological polar surface area (TPSA) is 22.1 Å². The van der Waals surface area contributed by atoms with Crippen LogP contribution in [0.1, 0.15) is 56.1 Å². The Hall–Kier alpha value is -1.05. The summed E-state index contributed by atoms with van der Waals surface area (Å²) in [6.07, 6.45) is 0.968. The minimum atomic E-state index is 0.517. The van der Waals surface area contributed by atoms with E-state index in [1.54, 1.807) is 0 Å². The molecule has 0 aliphatic carbocycles. The highest BCUT2D eigenvalue weighted by Gasteiger charge is 2.22. The predicted molar refractivity (Wildman–Crippen MR) is 68.3 cm³/mol. The van der Waals surface area contributed by atoms with Gasteiger partial charge in [-0.25, -0.2) is 0 Å². The van der Waals surface area contributed by atoms with E-state index in [1.165, 1.54) is 11.1 Å². The fraction of sp³-hybridized carbons (Fsp3) is 0.643. The normalized spacial score (nSPS) is 12.9. The summed E-state index contributed by atoms with van der Waals surface area (Å²) in [6.45, 7) is 13.4. The van der Waals surface area contributed by atoms with Crippen LogP contribution in [0.5, 0.6) is 5.75 Å². The number of nitrogens with zero attached hydrogens (tertiary/aromatic N) is 1. The van der Waals surface area contributed by atoms with Crippen LogP contribution in [0.15, 0.2) is 0 Å². The number of pyridine rings is 1. The molecule has 2 heterocycles. The Labute approximate surface area is 99.0 Å². The van der Waals surface area contributed by atoms with Crippen LogP contribution in [0.25, 0.3) is 0 Å². The summed E-state index contributed by atoms with van der Waals surface area (Å²) in [6, 6.07) is 0. The van der Waals surface area contributed by atoms with Crippen LogP contribution in [0.3, 0.4) is 0 Å². The van der Waals surface area contributed by atoms with Gasteiger partial charge in [0, 0.05) is 17.7 Å². The summed E-state index contributed by atoms with van der Waals surface area (Å²) in [5.74, 6) is 1.58. The molecule has 0 spiro atoms. The first-order chi connectivity index (χ1) is 7.61. The van der Waals surface area contributed by atoms with Crippen LogP contribution in [-0.2, 0) is 6.42 Å². The molecule has 0 fully saturated rings. The van der Waals surface area contributed by atoms with Gasteiger partial charge in [-0.3, -0.25) is 4.98 Å². The van der Waals surface area contributed by atoms with Crippen molar-refractivity contribution in [1.29, 1.82) is 0 Å². The Morgan fingerprint density at radius 3 is 2.38 bits per heavy atom. The number of hydrogen-bond acceptors (Lipinski definition) is 2. The zero-order chi connectivity index (χ0) is 12.3. The van der Waals surface area contributed by atoms with Gasteiger partial charge in [0.05, 0.1) is 12.3 Å². The number of rotatable bonds is 1. The first-order valence-electron chi connectivity index (χ1n) is 6.24. The highest BCUT2D eigenvalue weighted by atomic mass is 16.5. The zero-order valence-electron chi connectivity index (χ0n) is 11.3. The molecule has 0 bridgehead atoms. The largest absolute Gasteiger partial charge is 0.491 e. The summed E-state index contributed by atoms with van der Waals surface area (Å²) in [5, 5.41) is 0. The van der Waals surface area contributed by atoms with Crippen molar-refractivity contribution in [2.24, 2.45) is 0 Å². The van der Waals surface area contributed by atoms with E-state index < -0.39 is 0 Å². The van der Waals surface area contributed by atoms with Crippen LogP contribution in [-0.4, -0.2) is 11.6 Å². The molecule has 2 nitrogen and oxygen atoms in total. The first kappa shape index (κ1) is 13.0. The molecule has 1 aliphatic rings. The summed E-state index contributed by atoms with van der Waals surface area (Å²) >= 11 is 0. The first-order valence-corrected chi connectivity index (χ1v) is 6.24. The van der Waals surface area contributed by atoms with Crippen molar-refractivity contribution >= 4 is 0 Å². The van der Waals surface area contributed by atoms with Gasteiger partial charge in [0.1, 0.15) is 5.75 Å². The fourth-order valence-electron chi connectivity index (χ4n) is 2.13. The average Bonchev–Trinajstić information content (AvgIpc) is 2.69. The van der Waals surface area contributed by atoms with E-state index in [0.29, 0.717) is 5.92 Å². The van der Waals surface area contributed by atoms with Gasteiger partial charge in [0.15, 0.2) is 0 Å². The van der Waals surface area contributed by atoms with Crippen LogP contribution in [0, 0.1) is 13.8 Å². The molecule has 0 atom stereocenters. The van der Waals surface area contributed by atoms with E-state index in [1.807, 2.05) is 13.8 Å². The van der Waals surface area contributed by atoms with Crippen molar-refractivity contribution in [2.75, 3.05) is 6.61 Å². The summed E-state index contributed by atoms with van der Waals surface area (Å²) in [7, 11) is 0. The Morgan fingerprint density at radius 2 is 1.81 bits per heavy atom. The van der Waals surface area contributed by atoms with Gasteiger partial charge in [-0.15, -0.1) is 0 Å². The molecular weight excluding hydrogens is 198 g/mol. The quantitative estimate of drug-likeness (QED) is 0.720. The Balaban J connectivity index is 0.000000606.